The maximum atomic E-state index is 8.17. The van der Waals surface area contributed by atoms with E-state index in [1.54, 1.807) is 7.11 Å². The van der Waals surface area contributed by atoms with Crippen molar-refractivity contribution in [3.05, 3.63) is 114 Å². The fourth-order valence-corrected chi connectivity index (χ4v) is 10.5. The van der Waals surface area contributed by atoms with Gasteiger partial charge in [0, 0.05) is 0 Å². The number of nitrogens with zero attached hydrogens (tertiary/aromatic N) is 1. The van der Waals surface area contributed by atoms with Crippen molar-refractivity contribution in [3.8, 4) is 5.75 Å². The van der Waals surface area contributed by atoms with Crippen LogP contribution >= 0.6 is 17.2 Å². The molecule has 0 atom stereocenters. The van der Waals surface area contributed by atoms with Gasteiger partial charge in [-0.2, -0.15) is 0 Å². The van der Waals surface area contributed by atoms with Crippen LogP contribution in [-0.2, 0) is 6.16 Å². The molecule has 158 valence electrons. The molecule has 0 bridgehead atoms. The van der Waals surface area contributed by atoms with Crippen molar-refractivity contribution in [2.45, 2.75) is 20.0 Å². The van der Waals surface area contributed by atoms with Gasteiger partial charge in [0.25, 0.3) is 0 Å². The number of aryl methyl sites for hydroxylation is 1. The molecule has 0 aliphatic carbocycles. The third kappa shape index (κ3) is 3.55. The summed E-state index contributed by atoms with van der Waals surface area (Å²) in [6.07, 6.45) is 2.49. The number of benzene rings is 3. The molecule has 0 N–H and O–H groups in total. The molecule has 0 radical (unpaired) electrons. The van der Waals surface area contributed by atoms with E-state index in [0.29, 0.717) is 6.16 Å². The summed E-state index contributed by atoms with van der Waals surface area (Å²) in [5, 5.41) is 3.40. The Hall–Kier alpha value is -2.67. The first kappa shape index (κ1) is 21.6. The first-order valence-electron chi connectivity index (χ1n) is 10.4. The minimum absolute atomic E-state index is 0.605. The average Bonchev–Trinajstić information content (AvgIpc) is 2.83. The number of methoxy groups -OCH3 is 1. The Bertz CT molecular complexity index is 1080. The summed E-state index contributed by atoms with van der Waals surface area (Å²) in [5.41, 5.74) is 3.03. The maximum absolute atomic E-state index is 8.17. The zero-order valence-electron chi connectivity index (χ0n) is 18.1. The van der Waals surface area contributed by atoms with Gasteiger partial charge >= 0.3 is 190 Å². The molecule has 1 aromatic heterocycles. The topological polar surface area (TPSA) is 22.1 Å². The van der Waals surface area contributed by atoms with Crippen LogP contribution in [0.1, 0.15) is 16.8 Å². The fraction of sp³-hybridized carbons (Fsp3) is 0.148. The molecule has 0 aliphatic heterocycles. The second-order valence-electron chi connectivity index (χ2n) is 7.89. The van der Waals surface area contributed by atoms with Crippen LogP contribution in [0.25, 0.3) is 0 Å². The summed E-state index contributed by atoms with van der Waals surface area (Å²) in [6, 6.07) is 31.5. The second kappa shape index (κ2) is 8.46. The van der Waals surface area contributed by atoms with Crippen LogP contribution in [0, 0.1) is 13.8 Å². The summed E-state index contributed by atoms with van der Waals surface area (Å²) >= 11 is 8.17. The molecule has 4 rings (SSSR count). The van der Waals surface area contributed by atoms with E-state index in [4.69, 9.17) is 21.0 Å². The van der Waals surface area contributed by atoms with Gasteiger partial charge in [-0.1, -0.05) is 0 Å². The van der Waals surface area contributed by atoms with Crippen LogP contribution in [0.15, 0.2) is 97.2 Å². The van der Waals surface area contributed by atoms with Gasteiger partial charge in [0.05, 0.1) is 0 Å². The monoisotopic (exact) mass is 447 g/mol. The van der Waals surface area contributed by atoms with Crippen molar-refractivity contribution in [2.75, 3.05) is 7.11 Å². The molecule has 0 spiro atoms. The first-order chi connectivity index (χ1) is 15.0. The van der Waals surface area contributed by atoms with Gasteiger partial charge in [-0.15, -0.1) is 0 Å². The van der Waals surface area contributed by atoms with E-state index in [-0.39, 0.29) is 0 Å². The van der Waals surface area contributed by atoms with Gasteiger partial charge in [-0.05, 0) is 0 Å². The molecule has 0 saturated heterocycles. The van der Waals surface area contributed by atoms with Crippen molar-refractivity contribution < 1.29 is 4.74 Å². The molecule has 0 aliphatic rings. The normalized spacial score (nSPS) is 12.7. The summed E-state index contributed by atoms with van der Waals surface area (Å²) in [7, 11) is 1.71. The van der Waals surface area contributed by atoms with Crippen LogP contribution in [0.3, 0.4) is 0 Å². The first-order valence-corrected chi connectivity index (χ1v) is 13.7. The number of aromatic nitrogens is 1. The predicted molar refractivity (Wildman–Crippen MR) is 135 cm³/mol. The molecule has 4 aromatic rings. The summed E-state index contributed by atoms with van der Waals surface area (Å²) < 4.78 is 5.71. The van der Waals surface area contributed by atoms with Crippen LogP contribution in [0.4, 0.5) is 0 Å². The molecular weight excluding hydrogens is 421 g/mol. The van der Waals surface area contributed by atoms with Crippen molar-refractivity contribution in [2.24, 2.45) is 0 Å². The van der Waals surface area contributed by atoms with E-state index < -0.39 is 5.96 Å². The van der Waals surface area contributed by atoms with Gasteiger partial charge in [0.2, 0.25) is 0 Å². The quantitative estimate of drug-likeness (QED) is 0.344. The van der Waals surface area contributed by atoms with Crippen molar-refractivity contribution in [1.29, 1.82) is 0 Å². The second-order valence-corrected chi connectivity index (χ2v) is 14.4. The molecule has 0 amide bonds. The van der Waals surface area contributed by atoms with Gasteiger partial charge in [0.15, 0.2) is 0 Å². The van der Waals surface area contributed by atoms with Crippen molar-refractivity contribution >= 4 is 33.1 Å². The summed E-state index contributed by atoms with van der Waals surface area (Å²) in [5.74, 6) is -2.54. The summed E-state index contributed by atoms with van der Waals surface area (Å²) in [4.78, 5) is 4.86. The van der Waals surface area contributed by atoms with Crippen LogP contribution in [-0.4, -0.2) is 12.1 Å². The number of hydrogen-bond acceptors (Lipinski definition) is 2. The van der Waals surface area contributed by atoms with Crippen LogP contribution in [0.5, 0.6) is 5.75 Å². The predicted octanol–water partition coefficient (Wildman–Crippen LogP) is 5.89. The molecule has 1 heterocycles. The average molecular weight is 448 g/mol. The zero-order valence-corrected chi connectivity index (χ0v) is 19.8. The SMILES string of the molecule is COc1c(C)cnc(CP(Cl)(c2ccccc2)(c2ccccc2)c2ccccc2)c1C. The standard InChI is InChI=1S/C27H27ClNOP/c1-21-19-29-26(22(2)27(21)30-3)20-31(28,23-13-7-4-8-14-23,24-15-9-5-10-16-24)25-17-11-6-12-18-25/h4-19H,20H2,1-3H3. The molecule has 0 saturated carbocycles. The Morgan fingerprint density at radius 3 is 1.55 bits per heavy atom. The number of pyridine rings is 1. The van der Waals surface area contributed by atoms with Crippen LogP contribution in [0.2, 0.25) is 0 Å². The molecule has 0 unspecified atom stereocenters. The minimum atomic E-state index is -3.41. The van der Waals surface area contributed by atoms with E-state index in [9.17, 15) is 0 Å². The molecule has 2 nitrogen and oxygen atoms in total. The van der Waals surface area contributed by atoms with Crippen molar-refractivity contribution in [1.82, 2.24) is 4.98 Å². The van der Waals surface area contributed by atoms with Gasteiger partial charge < -0.3 is 0 Å². The Morgan fingerprint density at radius 1 is 0.742 bits per heavy atom. The van der Waals surface area contributed by atoms with E-state index in [2.05, 4.69) is 79.7 Å². The van der Waals surface area contributed by atoms with E-state index in [1.807, 2.05) is 31.3 Å². The Morgan fingerprint density at radius 2 is 1.16 bits per heavy atom. The zero-order chi connectivity index (χ0) is 21.9. The Labute approximate surface area is 189 Å². The van der Waals surface area contributed by atoms with Gasteiger partial charge in [0.1, 0.15) is 0 Å². The third-order valence-corrected chi connectivity index (χ3v) is 13.2. The number of halogens is 1. The molecule has 4 heteroatoms. The molecule has 0 fully saturated rings. The number of hydrogen-bond donors (Lipinski definition) is 0. The van der Waals surface area contributed by atoms with Gasteiger partial charge in [-0.25, -0.2) is 0 Å². The molecular formula is C27H27ClNOP. The van der Waals surface area contributed by atoms with Crippen molar-refractivity contribution in [3.63, 3.8) is 0 Å². The molecule has 3 aromatic carbocycles. The van der Waals surface area contributed by atoms with Gasteiger partial charge in [-0.3, -0.25) is 0 Å². The number of ether oxygens (including phenoxy) is 1. The van der Waals surface area contributed by atoms with Crippen LogP contribution < -0.4 is 20.7 Å². The third-order valence-electron chi connectivity index (χ3n) is 6.08. The Balaban J connectivity index is 2.10. The van der Waals surface area contributed by atoms with E-state index >= 15 is 0 Å². The molecule has 31 heavy (non-hydrogen) atoms. The van der Waals surface area contributed by atoms with E-state index in [1.165, 1.54) is 0 Å². The Kier molecular flexibility index (Phi) is 5.88. The number of rotatable bonds is 6. The fourth-order valence-electron chi connectivity index (χ4n) is 4.45. The summed E-state index contributed by atoms with van der Waals surface area (Å²) in [6.45, 7) is 4.10. The van der Waals surface area contributed by atoms with E-state index in [0.717, 1.165) is 38.5 Å².